The Balaban J connectivity index is 2.29. The molecule has 0 saturated heterocycles. The number of hydrogen-bond acceptors (Lipinski definition) is 2. The van der Waals surface area contributed by atoms with Crippen LogP contribution in [0.3, 0.4) is 0 Å². The summed E-state index contributed by atoms with van der Waals surface area (Å²) in [5.41, 5.74) is 1.06. The molecule has 0 aliphatic heterocycles. The van der Waals surface area contributed by atoms with Crippen molar-refractivity contribution >= 4 is 6.08 Å². The molecule has 0 aromatic heterocycles. The predicted octanol–water partition coefficient (Wildman–Crippen LogP) is 3.05. The molecule has 0 heterocycles. The number of benzene rings is 1. The maximum Gasteiger partial charge on any atom is 0.126 e. The van der Waals surface area contributed by atoms with Crippen molar-refractivity contribution in [1.82, 2.24) is 4.90 Å². The van der Waals surface area contributed by atoms with Crippen LogP contribution in [0.1, 0.15) is 18.4 Å². The highest BCUT2D eigenvalue weighted by molar-refractivity contribution is 5.55. The van der Waals surface area contributed by atoms with E-state index in [1.165, 1.54) is 6.42 Å². The SMILES string of the molecule is C=Cc1ccccc1OCCCCN(C)C. The summed E-state index contributed by atoms with van der Waals surface area (Å²) in [6, 6.07) is 7.99. The van der Waals surface area contributed by atoms with Crippen LogP contribution in [0, 0.1) is 0 Å². The molecule has 2 heteroatoms. The van der Waals surface area contributed by atoms with E-state index in [0.29, 0.717) is 0 Å². The standard InChI is InChI=1S/C14H21NO/c1-4-13-9-5-6-10-14(13)16-12-8-7-11-15(2)3/h4-6,9-10H,1,7-8,11-12H2,2-3H3. The number of rotatable bonds is 7. The number of nitrogens with zero attached hydrogens (tertiary/aromatic N) is 1. The molecule has 0 spiro atoms. The van der Waals surface area contributed by atoms with Gasteiger partial charge in [-0.3, -0.25) is 0 Å². The fraction of sp³-hybridized carbons (Fsp3) is 0.429. The minimum atomic E-state index is 0.776. The minimum Gasteiger partial charge on any atom is -0.493 e. The summed E-state index contributed by atoms with van der Waals surface area (Å²) in [7, 11) is 4.18. The Morgan fingerprint density at radius 1 is 1.25 bits per heavy atom. The van der Waals surface area contributed by atoms with Gasteiger partial charge in [0.25, 0.3) is 0 Å². The van der Waals surface area contributed by atoms with E-state index < -0.39 is 0 Å². The highest BCUT2D eigenvalue weighted by Crippen LogP contribution is 2.18. The van der Waals surface area contributed by atoms with Gasteiger partial charge in [-0.25, -0.2) is 0 Å². The van der Waals surface area contributed by atoms with Gasteiger partial charge in [0.1, 0.15) is 5.75 Å². The topological polar surface area (TPSA) is 12.5 Å². The quantitative estimate of drug-likeness (QED) is 0.653. The lowest BCUT2D eigenvalue weighted by atomic mass is 10.2. The minimum absolute atomic E-state index is 0.776. The lowest BCUT2D eigenvalue weighted by Crippen LogP contribution is -2.13. The van der Waals surface area contributed by atoms with Gasteiger partial charge in [0.2, 0.25) is 0 Å². The highest BCUT2D eigenvalue weighted by Gasteiger charge is 1.98. The van der Waals surface area contributed by atoms with E-state index >= 15 is 0 Å². The Morgan fingerprint density at radius 2 is 2.00 bits per heavy atom. The molecule has 0 aliphatic rings. The second-order valence-corrected chi connectivity index (χ2v) is 4.10. The molecule has 0 atom stereocenters. The molecule has 1 rings (SSSR count). The molecule has 0 bridgehead atoms. The third kappa shape index (κ3) is 4.49. The van der Waals surface area contributed by atoms with Crippen molar-refractivity contribution in [3.63, 3.8) is 0 Å². The summed E-state index contributed by atoms with van der Waals surface area (Å²) in [6.45, 7) is 5.67. The summed E-state index contributed by atoms with van der Waals surface area (Å²) in [4.78, 5) is 2.19. The van der Waals surface area contributed by atoms with Crippen molar-refractivity contribution in [3.05, 3.63) is 36.4 Å². The third-order valence-corrected chi connectivity index (χ3v) is 2.40. The maximum absolute atomic E-state index is 5.72. The predicted molar refractivity (Wildman–Crippen MR) is 69.8 cm³/mol. The van der Waals surface area contributed by atoms with Gasteiger partial charge < -0.3 is 9.64 Å². The van der Waals surface area contributed by atoms with Crippen LogP contribution in [0.2, 0.25) is 0 Å². The first kappa shape index (κ1) is 12.8. The largest absolute Gasteiger partial charge is 0.493 e. The second kappa shape index (κ2) is 7.07. The maximum atomic E-state index is 5.72. The van der Waals surface area contributed by atoms with Crippen molar-refractivity contribution in [2.24, 2.45) is 0 Å². The van der Waals surface area contributed by atoms with Crippen molar-refractivity contribution < 1.29 is 4.74 Å². The smallest absolute Gasteiger partial charge is 0.126 e. The van der Waals surface area contributed by atoms with E-state index in [1.807, 2.05) is 30.3 Å². The fourth-order valence-corrected chi connectivity index (χ4v) is 1.49. The summed E-state index contributed by atoms with van der Waals surface area (Å²) in [5, 5.41) is 0. The van der Waals surface area contributed by atoms with Gasteiger partial charge in [0.15, 0.2) is 0 Å². The first-order chi connectivity index (χ1) is 7.74. The highest BCUT2D eigenvalue weighted by atomic mass is 16.5. The van der Waals surface area contributed by atoms with Crippen molar-refractivity contribution in [2.75, 3.05) is 27.2 Å². The van der Waals surface area contributed by atoms with Crippen molar-refractivity contribution in [1.29, 1.82) is 0 Å². The third-order valence-electron chi connectivity index (χ3n) is 2.40. The molecule has 0 radical (unpaired) electrons. The Morgan fingerprint density at radius 3 is 2.69 bits per heavy atom. The molecule has 0 unspecified atom stereocenters. The van der Waals surface area contributed by atoms with Gasteiger partial charge in [-0.05, 0) is 39.5 Å². The molecule has 0 N–H and O–H groups in total. The Hall–Kier alpha value is -1.28. The number of unbranched alkanes of at least 4 members (excludes halogenated alkanes) is 1. The zero-order chi connectivity index (χ0) is 11.8. The average Bonchev–Trinajstić information content (AvgIpc) is 2.29. The van der Waals surface area contributed by atoms with Crippen LogP contribution in [0.5, 0.6) is 5.75 Å². The first-order valence-corrected chi connectivity index (χ1v) is 5.73. The second-order valence-electron chi connectivity index (χ2n) is 4.10. The molecule has 0 aliphatic carbocycles. The van der Waals surface area contributed by atoms with Crippen LogP contribution < -0.4 is 4.74 Å². The average molecular weight is 219 g/mol. The van der Waals surface area contributed by atoms with Gasteiger partial charge in [0.05, 0.1) is 6.61 Å². The Bertz CT molecular complexity index is 320. The van der Waals surface area contributed by atoms with Crippen molar-refractivity contribution in [2.45, 2.75) is 12.8 Å². The molecular formula is C14H21NO. The van der Waals surface area contributed by atoms with Crippen LogP contribution in [-0.4, -0.2) is 32.1 Å². The van der Waals surface area contributed by atoms with Gasteiger partial charge >= 0.3 is 0 Å². The van der Waals surface area contributed by atoms with E-state index in [9.17, 15) is 0 Å². The summed E-state index contributed by atoms with van der Waals surface area (Å²) >= 11 is 0. The lowest BCUT2D eigenvalue weighted by molar-refractivity contribution is 0.292. The van der Waals surface area contributed by atoms with E-state index in [1.54, 1.807) is 0 Å². The van der Waals surface area contributed by atoms with Crippen LogP contribution in [0.15, 0.2) is 30.8 Å². The van der Waals surface area contributed by atoms with Gasteiger partial charge in [-0.2, -0.15) is 0 Å². The van der Waals surface area contributed by atoms with Crippen LogP contribution in [0.25, 0.3) is 6.08 Å². The van der Waals surface area contributed by atoms with Gasteiger partial charge in [-0.1, -0.05) is 30.9 Å². The monoisotopic (exact) mass is 219 g/mol. The molecule has 0 fully saturated rings. The number of hydrogen-bond donors (Lipinski definition) is 0. The van der Waals surface area contributed by atoms with Gasteiger partial charge in [0, 0.05) is 5.56 Å². The fourth-order valence-electron chi connectivity index (χ4n) is 1.49. The molecule has 88 valence electrons. The van der Waals surface area contributed by atoms with E-state index in [2.05, 4.69) is 25.6 Å². The summed E-state index contributed by atoms with van der Waals surface area (Å²) < 4.78 is 5.72. The molecule has 1 aromatic rings. The van der Waals surface area contributed by atoms with E-state index in [-0.39, 0.29) is 0 Å². The normalized spacial score (nSPS) is 10.4. The summed E-state index contributed by atoms with van der Waals surface area (Å²) in [5.74, 6) is 0.933. The summed E-state index contributed by atoms with van der Waals surface area (Å²) in [6.07, 6.45) is 4.09. The lowest BCUT2D eigenvalue weighted by Gasteiger charge is -2.11. The van der Waals surface area contributed by atoms with E-state index in [0.717, 1.165) is 30.9 Å². The first-order valence-electron chi connectivity index (χ1n) is 5.73. The number of para-hydroxylation sites is 1. The van der Waals surface area contributed by atoms with Crippen molar-refractivity contribution in [3.8, 4) is 5.75 Å². The molecule has 2 nitrogen and oxygen atoms in total. The van der Waals surface area contributed by atoms with Gasteiger partial charge in [-0.15, -0.1) is 0 Å². The molecule has 1 aromatic carbocycles. The molecular weight excluding hydrogens is 198 g/mol. The van der Waals surface area contributed by atoms with Crippen LogP contribution in [-0.2, 0) is 0 Å². The van der Waals surface area contributed by atoms with E-state index in [4.69, 9.17) is 4.74 Å². The molecule has 0 amide bonds. The molecule has 16 heavy (non-hydrogen) atoms. The zero-order valence-electron chi connectivity index (χ0n) is 10.3. The van der Waals surface area contributed by atoms with Crippen LogP contribution >= 0.6 is 0 Å². The Labute approximate surface area is 98.5 Å². The number of ether oxygens (including phenoxy) is 1. The zero-order valence-corrected chi connectivity index (χ0v) is 10.3. The Kier molecular flexibility index (Phi) is 5.65. The molecule has 0 saturated carbocycles. The van der Waals surface area contributed by atoms with Crippen LogP contribution in [0.4, 0.5) is 0 Å².